The van der Waals surface area contributed by atoms with Gasteiger partial charge in [-0.25, -0.2) is 0 Å². The van der Waals surface area contributed by atoms with E-state index >= 15 is 0 Å². The molecule has 0 aromatic carbocycles. The molecular weight excluding hydrogens is 364 g/mol. The highest BCUT2D eigenvalue weighted by Crippen LogP contribution is 2.71. The van der Waals surface area contributed by atoms with Crippen LogP contribution in [0.25, 0.3) is 0 Å². The summed E-state index contributed by atoms with van der Waals surface area (Å²) in [5.74, 6) is 3.46. The molecule has 7 atom stereocenters. The molecule has 30 heavy (non-hydrogen) atoms. The molecule has 5 aliphatic carbocycles. The third-order valence-electron chi connectivity index (χ3n) is 12.0. The van der Waals surface area contributed by atoms with Crippen molar-refractivity contribution in [3.8, 4) is 0 Å². The lowest BCUT2D eigenvalue weighted by Crippen LogP contribution is -2.61. The van der Waals surface area contributed by atoms with Crippen molar-refractivity contribution >= 4 is 5.78 Å². The molecule has 0 bridgehead atoms. The Labute approximate surface area is 185 Å². The van der Waals surface area contributed by atoms with Gasteiger partial charge in [0.2, 0.25) is 0 Å². The maximum absolute atomic E-state index is 12.8. The second kappa shape index (κ2) is 6.26. The van der Waals surface area contributed by atoms with Crippen LogP contribution in [0, 0.1) is 50.7 Å². The lowest BCUT2D eigenvalue weighted by atomic mass is 9.37. The number of hydrogen-bond acceptors (Lipinski definition) is 1. The van der Waals surface area contributed by atoms with Gasteiger partial charge in [0.05, 0.1) is 0 Å². The van der Waals surface area contributed by atoms with Crippen molar-refractivity contribution in [1.82, 2.24) is 0 Å². The van der Waals surface area contributed by atoms with Crippen molar-refractivity contribution in [3.63, 3.8) is 0 Å². The van der Waals surface area contributed by atoms with Crippen molar-refractivity contribution in [2.75, 3.05) is 0 Å². The number of carbonyl (C=O) groups excluding carboxylic acids is 1. The van der Waals surface area contributed by atoms with Gasteiger partial charge >= 0.3 is 0 Å². The molecule has 5 rings (SSSR count). The summed E-state index contributed by atoms with van der Waals surface area (Å²) >= 11 is 0. The third kappa shape index (κ3) is 2.68. The van der Waals surface area contributed by atoms with E-state index in [1.807, 2.05) is 5.57 Å². The van der Waals surface area contributed by atoms with E-state index in [0.29, 0.717) is 33.4 Å². The molecule has 4 saturated carbocycles. The largest absolute Gasteiger partial charge is 0.299 e. The van der Waals surface area contributed by atoms with Crippen molar-refractivity contribution < 1.29 is 4.79 Å². The van der Waals surface area contributed by atoms with Gasteiger partial charge in [-0.2, -0.15) is 0 Å². The number of ketones is 1. The number of hydrogen-bond donors (Lipinski definition) is 0. The summed E-state index contributed by atoms with van der Waals surface area (Å²) in [6, 6.07) is 0. The smallest absolute Gasteiger partial charge is 0.138 e. The first-order valence-corrected chi connectivity index (χ1v) is 13.1. The molecule has 1 nitrogen and oxygen atoms in total. The van der Waals surface area contributed by atoms with E-state index < -0.39 is 0 Å². The van der Waals surface area contributed by atoms with Crippen LogP contribution < -0.4 is 0 Å². The number of rotatable bonds is 0. The first kappa shape index (κ1) is 21.3. The molecule has 7 unspecified atom stereocenters. The molecule has 0 spiro atoms. The van der Waals surface area contributed by atoms with Crippen molar-refractivity contribution in [3.05, 3.63) is 11.6 Å². The zero-order valence-electron chi connectivity index (χ0n) is 20.9. The Morgan fingerprint density at radius 3 is 2.23 bits per heavy atom. The zero-order valence-corrected chi connectivity index (χ0v) is 20.9. The fraction of sp³-hybridized carbons (Fsp3) is 0.897. The van der Waals surface area contributed by atoms with Crippen LogP contribution in [-0.4, -0.2) is 5.78 Å². The normalized spacial score (nSPS) is 51.7. The summed E-state index contributed by atoms with van der Waals surface area (Å²) in [5, 5.41) is 0. The Balaban J connectivity index is 1.53. The van der Waals surface area contributed by atoms with Gasteiger partial charge in [0, 0.05) is 11.8 Å². The minimum Gasteiger partial charge on any atom is -0.299 e. The van der Waals surface area contributed by atoms with Crippen LogP contribution in [0.2, 0.25) is 0 Å². The van der Waals surface area contributed by atoms with Crippen molar-refractivity contribution in [2.24, 2.45) is 50.7 Å². The highest BCUT2D eigenvalue weighted by Gasteiger charge is 2.64. The molecule has 168 valence electrons. The first-order valence-electron chi connectivity index (χ1n) is 13.1. The third-order valence-corrected chi connectivity index (χ3v) is 12.0. The summed E-state index contributed by atoms with van der Waals surface area (Å²) in [6.07, 6.45) is 15.6. The molecule has 0 N–H and O–H groups in total. The van der Waals surface area contributed by atoms with Crippen LogP contribution in [-0.2, 0) is 4.79 Å². The van der Waals surface area contributed by atoms with Gasteiger partial charge in [-0.1, -0.05) is 60.1 Å². The molecule has 0 aromatic rings. The van der Waals surface area contributed by atoms with E-state index in [2.05, 4.69) is 54.5 Å². The van der Waals surface area contributed by atoms with Crippen LogP contribution in [0.5, 0.6) is 0 Å². The van der Waals surface area contributed by atoms with E-state index in [9.17, 15) is 4.79 Å². The van der Waals surface area contributed by atoms with E-state index in [4.69, 9.17) is 0 Å². The maximum atomic E-state index is 12.8. The Bertz CT molecular complexity index is 786. The average Bonchev–Trinajstić information content (AvgIpc) is 2.65. The molecular formula is C29H46O. The molecule has 4 fully saturated rings. The topological polar surface area (TPSA) is 17.1 Å². The molecule has 0 saturated heterocycles. The summed E-state index contributed by atoms with van der Waals surface area (Å²) < 4.78 is 0. The predicted molar refractivity (Wildman–Crippen MR) is 125 cm³/mol. The van der Waals surface area contributed by atoms with Gasteiger partial charge in [0.25, 0.3) is 0 Å². The quantitative estimate of drug-likeness (QED) is 0.370. The van der Waals surface area contributed by atoms with Crippen LogP contribution in [0.4, 0.5) is 0 Å². The van der Waals surface area contributed by atoms with Gasteiger partial charge in [-0.05, 0) is 103 Å². The number of allylic oxidation sites excluding steroid dienone is 2. The van der Waals surface area contributed by atoms with Gasteiger partial charge in [0.1, 0.15) is 5.78 Å². The molecule has 0 aromatic heterocycles. The Hall–Kier alpha value is -0.590. The van der Waals surface area contributed by atoms with Crippen LogP contribution in [0.1, 0.15) is 113 Å². The first-order chi connectivity index (χ1) is 13.8. The number of fused-ring (bicyclic) bond motifs is 7. The highest BCUT2D eigenvalue weighted by molar-refractivity contribution is 5.85. The fourth-order valence-corrected chi connectivity index (χ4v) is 10.00. The standard InChI is InChI=1S/C29H46O/c1-25(2)16-17-27(5)13-10-20-19(21(27)18-25)8-9-23-28(20,6)14-11-22-26(3,4)24(30)12-15-29(22,23)7/h8,20-23H,9-18H2,1-7H3. The molecule has 0 amide bonds. The van der Waals surface area contributed by atoms with E-state index in [-0.39, 0.29) is 5.41 Å². The lowest BCUT2D eigenvalue weighted by Gasteiger charge is -2.67. The van der Waals surface area contributed by atoms with Crippen molar-refractivity contribution in [2.45, 2.75) is 113 Å². The zero-order chi connectivity index (χ0) is 21.7. The van der Waals surface area contributed by atoms with Gasteiger partial charge in [-0.3, -0.25) is 4.79 Å². The second-order valence-corrected chi connectivity index (χ2v) is 14.4. The summed E-state index contributed by atoms with van der Waals surface area (Å²) in [5.41, 5.74) is 3.57. The molecule has 0 heterocycles. The monoisotopic (exact) mass is 410 g/mol. The minimum absolute atomic E-state index is 0.128. The molecule has 5 aliphatic rings. The Kier molecular flexibility index (Phi) is 4.43. The minimum atomic E-state index is -0.128. The van der Waals surface area contributed by atoms with Crippen molar-refractivity contribution in [1.29, 1.82) is 0 Å². The highest BCUT2D eigenvalue weighted by atomic mass is 16.1. The maximum Gasteiger partial charge on any atom is 0.138 e. The summed E-state index contributed by atoms with van der Waals surface area (Å²) in [6.45, 7) is 17.4. The molecule has 0 radical (unpaired) electrons. The predicted octanol–water partition coefficient (Wildman–Crippen LogP) is 7.99. The van der Waals surface area contributed by atoms with Gasteiger partial charge in [-0.15, -0.1) is 0 Å². The second-order valence-electron chi connectivity index (χ2n) is 14.4. The summed E-state index contributed by atoms with van der Waals surface area (Å²) in [7, 11) is 0. The summed E-state index contributed by atoms with van der Waals surface area (Å²) in [4.78, 5) is 12.8. The number of Topliss-reactive ketones (excluding diaryl/α,β-unsaturated/α-hetero) is 1. The number of carbonyl (C=O) groups is 1. The SMILES string of the molecule is CC1(C)CCC2(C)CCC3C(=CCC4C3(C)CCC3C(C)(C)C(=O)CCC34C)C2C1. The Morgan fingerprint density at radius 1 is 0.767 bits per heavy atom. The fourth-order valence-electron chi connectivity index (χ4n) is 10.00. The van der Waals surface area contributed by atoms with Crippen LogP contribution >= 0.6 is 0 Å². The lowest BCUT2D eigenvalue weighted by molar-refractivity contribution is -0.169. The molecule has 1 heteroatoms. The van der Waals surface area contributed by atoms with E-state index in [1.54, 1.807) is 0 Å². The Morgan fingerprint density at radius 2 is 1.50 bits per heavy atom. The van der Waals surface area contributed by atoms with E-state index in [1.165, 1.54) is 51.4 Å². The van der Waals surface area contributed by atoms with E-state index in [0.717, 1.165) is 30.6 Å². The van der Waals surface area contributed by atoms with Crippen LogP contribution in [0.15, 0.2) is 11.6 Å². The van der Waals surface area contributed by atoms with Crippen LogP contribution in [0.3, 0.4) is 0 Å². The van der Waals surface area contributed by atoms with Gasteiger partial charge < -0.3 is 0 Å². The van der Waals surface area contributed by atoms with Gasteiger partial charge in [0.15, 0.2) is 0 Å². The molecule has 0 aliphatic heterocycles. The average molecular weight is 411 g/mol.